The Kier molecular flexibility index (Phi) is 12.0. The van der Waals surface area contributed by atoms with Crippen molar-refractivity contribution in [3.63, 3.8) is 0 Å². The van der Waals surface area contributed by atoms with E-state index in [9.17, 15) is 19.2 Å². The summed E-state index contributed by atoms with van der Waals surface area (Å²) in [4.78, 5) is 49.5. The first kappa shape index (κ1) is 35.6. The molecule has 0 radical (unpaired) electrons. The predicted octanol–water partition coefficient (Wildman–Crippen LogP) is 8.83. The number of rotatable bonds is 10. The number of ketones is 4. The Balaban J connectivity index is 0.000000254. The minimum Gasteiger partial charge on any atom is -0.497 e. The van der Waals surface area contributed by atoms with Crippen LogP contribution in [0, 0.1) is 27.7 Å². The van der Waals surface area contributed by atoms with E-state index in [0.717, 1.165) is 22.3 Å². The monoisotopic (exact) mass is 620 g/mol. The molecule has 0 aliphatic carbocycles. The van der Waals surface area contributed by atoms with Gasteiger partial charge in [0, 0.05) is 22.3 Å². The van der Waals surface area contributed by atoms with Crippen molar-refractivity contribution >= 4 is 23.1 Å². The third kappa shape index (κ3) is 9.33. The average molecular weight is 621 g/mol. The number of methoxy groups -OCH3 is 2. The van der Waals surface area contributed by atoms with Crippen molar-refractivity contribution in [2.45, 2.75) is 66.7 Å². The summed E-state index contributed by atoms with van der Waals surface area (Å²) in [7, 11) is 3.15. The standard InChI is InChI=1S/C22H26O3.C18H18O3/c1-14-11-17(22(3,4)5)12-15(2)21(14)20(24)13-19(23)16-7-9-18(25-6)10-8-16;1-12-4-9-16(13(2)10-12)18(20)11-17(19)14-5-7-15(21-3)8-6-14/h7-12H,13H2,1-6H3;4-10H,11H2,1-3H3. The number of carbonyl (C=O) groups is 4. The maximum absolute atomic E-state index is 12.7. The summed E-state index contributed by atoms with van der Waals surface area (Å²) in [5.41, 5.74) is 7.40. The highest BCUT2D eigenvalue weighted by molar-refractivity contribution is 6.15. The molecule has 0 aromatic heterocycles. The zero-order chi connectivity index (χ0) is 34.2. The lowest BCUT2D eigenvalue weighted by Gasteiger charge is -2.22. The second-order valence-corrected chi connectivity index (χ2v) is 12.6. The van der Waals surface area contributed by atoms with Gasteiger partial charge in [-0.3, -0.25) is 19.2 Å². The molecule has 6 heteroatoms. The number of ether oxygens (including phenoxy) is 2. The van der Waals surface area contributed by atoms with Gasteiger partial charge in [0.1, 0.15) is 11.5 Å². The summed E-state index contributed by atoms with van der Waals surface area (Å²) in [6.07, 6.45) is -0.237. The van der Waals surface area contributed by atoms with Crippen LogP contribution < -0.4 is 9.47 Å². The fourth-order valence-electron chi connectivity index (χ4n) is 5.20. The van der Waals surface area contributed by atoms with E-state index >= 15 is 0 Å². The van der Waals surface area contributed by atoms with Crippen LogP contribution in [0.25, 0.3) is 0 Å². The molecule has 0 heterocycles. The molecule has 0 bridgehead atoms. The average Bonchev–Trinajstić information content (AvgIpc) is 3.00. The molecule has 4 rings (SSSR count). The van der Waals surface area contributed by atoms with Gasteiger partial charge in [-0.1, -0.05) is 56.7 Å². The molecule has 0 atom stereocenters. The van der Waals surface area contributed by atoms with Gasteiger partial charge in [0.25, 0.3) is 0 Å². The van der Waals surface area contributed by atoms with E-state index in [0.29, 0.717) is 33.8 Å². The lowest BCUT2D eigenvalue weighted by atomic mass is 9.83. The molecular weight excluding hydrogens is 576 g/mol. The van der Waals surface area contributed by atoms with Gasteiger partial charge in [0.05, 0.1) is 27.1 Å². The van der Waals surface area contributed by atoms with Crippen molar-refractivity contribution in [2.24, 2.45) is 0 Å². The van der Waals surface area contributed by atoms with Crippen LogP contribution in [0.5, 0.6) is 11.5 Å². The van der Waals surface area contributed by atoms with Crippen molar-refractivity contribution in [3.8, 4) is 11.5 Å². The number of hydrogen-bond acceptors (Lipinski definition) is 6. The van der Waals surface area contributed by atoms with Crippen LogP contribution in [-0.4, -0.2) is 37.4 Å². The summed E-state index contributed by atoms with van der Waals surface area (Å²) in [6.45, 7) is 14.2. The molecule has 0 unspecified atom stereocenters. The van der Waals surface area contributed by atoms with Crippen molar-refractivity contribution in [2.75, 3.05) is 14.2 Å². The Labute approximate surface area is 272 Å². The van der Waals surface area contributed by atoms with Gasteiger partial charge in [0.15, 0.2) is 23.1 Å². The summed E-state index contributed by atoms with van der Waals surface area (Å²) in [6, 6.07) is 23.4. The third-order valence-corrected chi connectivity index (χ3v) is 7.83. The lowest BCUT2D eigenvalue weighted by Crippen LogP contribution is -2.15. The van der Waals surface area contributed by atoms with E-state index in [-0.39, 0.29) is 41.4 Å². The highest BCUT2D eigenvalue weighted by Gasteiger charge is 2.21. The van der Waals surface area contributed by atoms with E-state index in [1.165, 1.54) is 5.56 Å². The molecule has 0 aliphatic heterocycles. The van der Waals surface area contributed by atoms with Crippen molar-refractivity contribution in [3.05, 3.63) is 129 Å². The van der Waals surface area contributed by atoms with Crippen molar-refractivity contribution < 1.29 is 28.7 Å². The Morgan fingerprint density at radius 3 is 1.37 bits per heavy atom. The number of benzene rings is 4. The summed E-state index contributed by atoms with van der Waals surface area (Å²) >= 11 is 0. The first-order chi connectivity index (χ1) is 21.6. The van der Waals surface area contributed by atoms with Gasteiger partial charge in [-0.15, -0.1) is 0 Å². The highest BCUT2D eigenvalue weighted by Crippen LogP contribution is 2.28. The van der Waals surface area contributed by atoms with Gasteiger partial charge >= 0.3 is 0 Å². The fraction of sp³-hybridized carbons (Fsp3) is 0.300. The first-order valence-corrected chi connectivity index (χ1v) is 15.2. The second-order valence-electron chi connectivity index (χ2n) is 12.6. The van der Waals surface area contributed by atoms with Crippen molar-refractivity contribution in [1.29, 1.82) is 0 Å². The van der Waals surface area contributed by atoms with E-state index in [1.807, 2.05) is 39.8 Å². The minimum atomic E-state index is -0.178. The Hall–Kier alpha value is -4.84. The molecule has 240 valence electrons. The Morgan fingerprint density at radius 1 is 0.543 bits per heavy atom. The Bertz CT molecular complexity index is 1700. The predicted molar refractivity (Wildman–Crippen MR) is 183 cm³/mol. The normalized spacial score (nSPS) is 10.8. The topological polar surface area (TPSA) is 86.7 Å². The molecule has 4 aromatic carbocycles. The smallest absolute Gasteiger partial charge is 0.171 e. The molecule has 0 aliphatic rings. The molecule has 4 aromatic rings. The second kappa shape index (κ2) is 15.4. The minimum absolute atomic E-state index is 0.0238. The molecule has 0 spiro atoms. The number of aryl methyl sites for hydroxylation is 4. The summed E-state index contributed by atoms with van der Waals surface area (Å²) in [5.74, 6) is 0.748. The summed E-state index contributed by atoms with van der Waals surface area (Å²) < 4.78 is 10.1. The van der Waals surface area contributed by atoms with Gasteiger partial charge in [0.2, 0.25) is 0 Å². The van der Waals surface area contributed by atoms with E-state index < -0.39 is 0 Å². The van der Waals surface area contributed by atoms with E-state index in [4.69, 9.17) is 9.47 Å². The fourth-order valence-corrected chi connectivity index (χ4v) is 5.20. The van der Waals surface area contributed by atoms with Gasteiger partial charge in [-0.05, 0) is 104 Å². The van der Waals surface area contributed by atoms with E-state index in [2.05, 4.69) is 32.9 Å². The zero-order valence-electron chi connectivity index (χ0n) is 28.4. The Morgan fingerprint density at radius 2 is 0.978 bits per heavy atom. The molecule has 0 amide bonds. The molecule has 0 saturated heterocycles. The molecule has 6 nitrogen and oxygen atoms in total. The molecule has 0 saturated carbocycles. The quantitative estimate of drug-likeness (QED) is 0.130. The van der Waals surface area contributed by atoms with Crippen LogP contribution in [0.1, 0.15) is 103 Å². The number of hydrogen-bond donors (Lipinski definition) is 0. The van der Waals surface area contributed by atoms with E-state index in [1.54, 1.807) is 68.8 Å². The maximum Gasteiger partial charge on any atom is 0.171 e. The van der Waals surface area contributed by atoms with Crippen LogP contribution in [0.3, 0.4) is 0 Å². The van der Waals surface area contributed by atoms with Gasteiger partial charge in [-0.25, -0.2) is 0 Å². The summed E-state index contributed by atoms with van der Waals surface area (Å²) in [5, 5.41) is 0. The number of Topliss-reactive ketones (excluding diaryl/α,β-unsaturated/α-hetero) is 4. The largest absolute Gasteiger partial charge is 0.497 e. The van der Waals surface area contributed by atoms with Crippen LogP contribution in [0.4, 0.5) is 0 Å². The van der Waals surface area contributed by atoms with Crippen LogP contribution in [-0.2, 0) is 5.41 Å². The molecule has 0 N–H and O–H groups in total. The molecule has 0 fully saturated rings. The highest BCUT2D eigenvalue weighted by atomic mass is 16.5. The maximum atomic E-state index is 12.7. The third-order valence-electron chi connectivity index (χ3n) is 7.83. The van der Waals surface area contributed by atoms with Crippen LogP contribution in [0.15, 0.2) is 78.9 Å². The lowest BCUT2D eigenvalue weighted by molar-refractivity contribution is 0.0877. The van der Waals surface area contributed by atoms with Crippen molar-refractivity contribution in [1.82, 2.24) is 0 Å². The zero-order valence-corrected chi connectivity index (χ0v) is 28.4. The SMILES string of the molecule is COc1ccc(C(=O)CC(=O)c2c(C)cc(C(C)(C)C)cc2C)cc1.COc1ccc(C(=O)CC(=O)c2ccc(C)cc2C)cc1. The van der Waals surface area contributed by atoms with Crippen LogP contribution in [0.2, 0.25) is 0 Å². The van der Waals surface area contributed by atoms with Crippen LogP contribution >= 0.6 is 0 Å². The molecule has 46 heavy (non-hydrogen) atoms. The van der Waals surface area contributed by atoms with Gasteiger partial charge in [-0.2, -0.15) is 0 Å². The van der Waals surface area contributed by atoms with Gasteiger partial charge < -0.3 is 9.47 Å². The first-order valence-electron chi connectivity index (χ1n) is 15.2. The number of carbonyl (C=O) groups excluding carboxylic acids is 4. The molecular formula is C40H44O6.